The number of carbonyl (C=O) groups excluding carboxylic acids is 1. The molecule has 1 amide bonds. The number of nitrogens with one attached hydrogen (secondary N) is 1. The third-order valence-electron chi connectivity index (χ3n) is 3.66. The van der Waals surface area contributed by atoms with Crippen LogP contribution in [-0.4, -0.2) is 21.4 Å². The molecule has 0 aliphatic heterocycles. The largest absolute Gasteiger partial charge is 0.484 e. The summed E-state index contributed by atoms with van der Waals surface area (Å²) in [6.07, 6.45) is 0. The zero-order chi connectivity index (χ0) is 20.1. The van der Waals surface area contributed by atoms with Crippen LogP contribution in [0.3, 0.4) is 0 Å². The van der Waals surface area contributed by atoms with E-state index >= 15 is 0 Å². The van der Waals surface area contributed by atoms with Crippen LogP contribution in [0, 0.1) is 18.6 Å². The Hall–Kier alpha value is -2.94. The van der Waals surface area contributed by atoms with Gasteiger partial charge >= 0.3 is 0 Å². The number of halogens is 2. The van der Waals surface area contributed by atoms with Gasteiger partial charge in [-0.25, -0.2) is 8.78 Å². The first kappa shape index (κ1) is 19.8. The number of rotatable bonds is 7. The van der Waals surface area contributed by atoms with Gasteiger partial charge in [-0.2, -0.15) is 0 Å². The predicted molar refractivity (Wildman–Crippen MR) is 100 cm³/mol. The number of ether oxygens (including phenoxy) is 1. The molecule has 0 aliphatic rings. The molecule has 0 fully saturated rings. The maximum atomic E-state index is 13.6. The molecule has 0 aliphatic carbocycles. The van der Waals surface area contributed by atoms with E-state index in [0.29, 0.717) is 5.75 Å². The van der Waals surface area contributed by atoms with Gasteiger partial charge in [0.25, 0.3) is 11.1 Å². The summed E-state index contributed by atoms with van der Waals surface area (Å²) in [7, 11) is 0. The second-order valence-corrected chi connectivity index (χ2v) is 7.20. The number of amides is 1. The highest BCUT2D eigenvalue weighted by Crippen LogP contribution is 2.25. The van der Waals surface area contributed by atoms with E-state index in [0.717, 1.165) is 29.5 Å². The fourth-order valence-corrected chi connectivity index (χ4v) is 2.94. The molecule has 0 unspecified atom stereocenters. The lowest BCUT2D eigenvalue weighted by molar-refractivity contribution is -0.115. The van der Waals surface area contributed by atoms with Crippen molar-refractivity contribution in [1.82, 2.24) is 10.2 Å². The molecular weight excluding hydrogens is 388 g/mol. The minimum absolute atomic E-state index is 0.0814. The molecule has 1 heterocycles. The van der Waals surface area contributed by atoms with E-state index in [1.807, 2.05) is 31.2 Å². The van der Waals surface area contributed by atoms with Gasteiger partial charge in [0.15, 0.2) is 6.61 Å². The molecule has 0 radical (unpaired) electrons. The molecule has 0 spiro atoms. The molecule has 6 nitrogen and oxygen atoms in total. The summed E-state index contributed by atoms with van der Waals surface area (Å²) in [4.78, 5) is 12.2. The van der Waals surface area contributed by atoms with E-state index in [2.05, 4.69) is 15.5 Å². The minimum Gasteiger partial charge on any atom is -0.484 e. The van der Waals surface area contributed by atoms with Gasteiger partial charge in [-0.05, 0) is 43.7 Å². The zero-order valence-corrected chi connectivity index (χ0v) is 15.9. The molecule has 1 aromatic heterocycles. The predicted octanol–water partition coefficient (Wildman–Crippen LogP) is 4.35. The molecule has 146 valence electrons. The van der Waals surface area contributed by atoms with Crippen LogP contribution in [0.4, 0.5) is 14.5 Å². The summed E-state index contributed by atoms with van der Waals surface area (Å²) >= 11 is 0.975. The summed E-state index contributed by atoms with van der Waals surface area (Å²) in [5, 5.41) is 9.38. The quantitative estimate of drug-likeness (QED) is 0.589. The molecule has 0 saturated carbocycles. The van der Waals surface area contributed by atoms with Crippen LogP contribution in [-0.2, 0) is 11.4 Å². The number of aromatic nitrogens is 2. The Morgan fingerprint density at radius 2 is 1.93 bits per heavy atom. The number of carbonyl (C=O) groups is 1. The van der Waals surface area contributed by atoms with Crippen molar-refractivity contribution in [1.29, 1.82) is 0 Å². The van der Waals surface area contributed by atoms with Crippen molar-refractivity contribution < 1.29 is 22.7 Å². The molecule has 28 heavy (non-hydrogen) atoms. The summed E-state index contributed by atoms with van der Waals surface area (Å²) in [6.45, 7) is 3.60. The highest BCUT2D eigenvalue weighted by atomic mass is 32.2. The van der Waals surface area contributed by atoms with Crippen molar-refractivity contribution >= 4 is 23.4 Å². The third-order valence-corrected chi connectivity index (χ3v) is 4.59. The second kappa shape index (κ2) is 8.83. The normalized spacial score (nSPS) is 11.9. The Bertz CT molecular complexity index is 960. The molecule has 3 rings (SSSR count). The van der Waals surface area contributed by atoms with E-state index in [-0.39, 0.29) is 17.7 Å². The van der Waals surface area contributed by atoms with Gasteiger partial charge in [-0.15, -0.1) is 10.2 Å². The van der Waals surface area contributed by atoms with Gasteiger partial charge in [0.05, 0.1) is 5.25 Å². The van der Waals surface area contributed by atoms with Gasteiger partial charge in [0.2, 0.25) is 5.91 Å². The minimum atomic E-state index is -0.848. The number of aryl methyl sites for hydroxylation is 1. The van der Waals surface area contributed by atoms with E-state index < -0.39 is 28.5 Å². The Morgan fingerprint density at radius 3 is 2.64 bits per heavy atom. The lowest BCUT2D eigenvalue weighted by Crippen LogP contribution is -2.23. The van der Waals surface area contributed by atoms with E-state index in [1.54, 1.807) is 6.92 Å². The maximum absolute atomic E-state index is 13.6. The first-order valence-corrected chi connectivity index (χ1v) is 9.23. The molecule has 1 N–H and O–H groups in total. The van der Waals surface area contributed by atoms with Crippen LogP contribution < -0.4 is 10.1 Å². The number of hydrogen-bond acceptors (Lipinski definition) is 6. The standard InChI is InChI=1S/C19H17F2N3O3S/c1-11-5-3-6-13(9-11)26-10-16-23-24-19(27-16)28-12(2)18(25)22-17-14(20)7-4-8-15(17)21/h3-9,12H,10H2,1-2H3,(H,22,25)/t12-/m1/s1. The van der Waals surface area contributed by atoms with E-state index in [4.69, 9.17) is 9.15 Å². The second-order valence-electron chi connectivity index (χ2n) is 5.91. The van der Waals surface area contributed by atoms with Gasteiger partial charge < -0.3 is 14.5 Å². The van der Waals surface area contributed by atoms with Gasteiger partial charge in [0, 0.05) is 0 Å². The van der Waals surface area contributed by atoms with Crippen LogP contribution in [0.15, 0.2) is 52.1 Å². The van der Waals surface area contributed by atoms with Gasteiger partial charge in [-0.1, -0.05) is 30.0 Å². The van der Waals surface area contributed by atoms with E-state index in [9.17, 15) is 13.6 Å². The van der Waals surface area contributed by atoms with Crippen molar-refractivity contribution in [3.05, 3.63) is 65.6 Å². The van der Waals surface area contributed by atoms with Crippen LogP contribution >= 0.6 is 11.8 Å². The average molecular weight is 405 g/mol. The lowest BCUT2D eigenvalue weighted by Gasteiger charge is -2.11. The van der Waals surface area contributed by atoms with Crippen LogP contribution in [0.5, 0.6) is 5.75 Å². The van der Waals surface area contributed by atoms with Gasteiger partial charge in [0.1, 0.15) is 23.1 Å². The monoisotopic (exact) mass is 405 g/mol. The van der Waals surface area contributed by atoms with E-state index in [1.165, 1.54) is 6.07 Å². The van der Waals surface area contributed by atoms with Crippen LogP contribution in [0.25, 0.3) is 0 Å². The zero-order valence-electron chi connectivity index (χ0n) is 15.1. The first-order chi connectivity index (χ1) is 13.4. The maximum Gasteiger partial charge on any atom is 0.277 e. The summed E-state index contributed by atoms with van der Waals surface area (Å²) in [6, 6.07) is 10.9. The van der Waals surface area contributed by atoms with Gasteiger partial charge in [-0.3, -0.25) is 4.79 Å². The van der Waals surface area contributed by atoms with Crippen molar-refractivity contribution in [2.75, 3.05) is 5.32 Å². The highest BCUT2D eigenvalue weighted by Gasteiger charge is 2.21. The molecule has 1 atom stereocenters. The molecule has 3 aromatic rings. The topological polar surface area (TPSA) is 77.2 Å². The number of para-hydroxylation sites is 1. The number of thioether (sulfide) groups is 1. The van der Waals surface area contributed by atoms with Crippen LogP contribution in [0.1, 0.15) is 18.4 Å². The van der Waals surface area contributed by atoms with Crippen molar-refractivity contribution in [3.63, 3.8) is 0 Å². The van der Waals surface area contributed by atoms with Crippen molar-refractivity contribution in [2.45, 2.75) is 30.9 Å². The van der Waals surface area contributed by atoms with Crippen molar-refractivity contribution in [2.24, 2.45) is 0 Å². The highest BCUT2D eigenvalue weighted by molar-refractivity contribution is 8.00. The number of hydrogen-bond donors (Lipinski definition) is 1. The number of anilines is 1. The number of nitrogens with zero attached hydrogens (tertiary/aromatic N) is 2. The molecular formula is C19H17F2N3O3S. The van der Waals surface area contributed by atoms with Crippen LogP contribution in [0.2, 0.25) is 0 Å². The number of benzene rings is 2. The molecule has 0 saturated heterocycles. The first-order valence-electron chi connectivity index (χ1n) is 8.36. The SMILES string of the molecule is Cc1cccc(OCc2nnc(S[C@H](C)C(=O)Nc3c(F)cccc3F)o2)c1. The Balaban J connectivity index is 1.56. The van der Waals surface area contributed by atoms with Crippen molar-refractivity contribution in [3.8, 4) is 5.75 Å². The third kappa shape index (κ3) is 5.07. The Labute approximate surface area is 164 Å². The smallest absolute Gasteiger partial charge is 0.277 e. The Kier molecular flexibility index (Phi) is 6.25. The molecule has 0 bridgehead atoms. The Morgan fingerprint density at radius 1 is 1.21 bits per heavy atom. The molecule has 9 heteroatoms. The average Bonchev–Trinajstić information content (AvgIpc) is 3.10. The fraction of sp³-hybridized carbons (Fsp3) is 0.211. The molecule has 2 aromatic carbocycles. The summed E-state index contributed by atoms with van der Waals surface area (Å²) in [5.41, 5.74) is 0.572. The summed E-state index contributed by atoms with van der Waals surface area (Å²) in [5.74, 6) is -1.37. The lowest BCUT2D eigenvalue weighted by atomic mass is 10.2. The fourth-order valence-electron chi connectivity index (χ4n) is 2.24. The summed E-state index contributed by atoms with van der Waals surface area (Å²) < 4.78 is 38.3.